The zero-order valence-electron chi connectivity index (χ0n) is 14.1. The van der Waals surface area contributed by atoms with Crippen LogP contribution >= 0.6 is 0 Å². The predicted octanol–water partition coefficient (Wildman–Crippen LogP) is 2.74. The first kappa shape index (κ1) is 16.1. The number of ether oxygens (including phenoxy) is 1. The molecule has 1 heterocycles. The van der Waals surface area contributed by atoms with Gasteiger partial charge in [0.1, 0.15) is 6.61 Å². The molecule has 1 aliphatic rings. The summed E-state index contributed by atoms with van der Waals surface area (Å²) in [6.07, 6.45) is -0.490. The average molecular weight is 351 g/mol. The van der Waals surface area contributed by atoms with E-state index in [4.69, 9.17) is 4.74 Å². The van der Waals surface area contributed by atoms with Crippen molar-refractivity contribution >= 4 is 6.09 Å². The van der Waals surface area contributed by atoms with Crippen molar-refractivity contribution in [2.45, 2.75) is 12.5 Å². The van der Waals surface area contributed by atoms with Crippen LogP contribution in [0.5, 0.6) is 0 Å². The van der Waals surface area contributed by atoms with Gasteiger partial charge in [-0.05, 0) is 22.3 Å². The second-order valence-corrected chi connectivity index (χ2v) is 6.20. The summed E-state index contributed by atoms with van der Waals surface area (Å²) in [4.78, 5) is 27.0. The summed E-state index contributed by atoms with van der Waals surface area (Å²) in [6, 6.07) is 16.3. The van der Waals surface area contributed by atoms with Crippen LogP contribution in [-0.4, -0.2) is 34.8 Å². The van der Waals surface area contributed by atoms with Gasteiger partial charge in [0, 0.05) is 13.0 Å². The van der Waals surface area contributed by atoms with Crippen molar-refractivity contribution in [1.82, 2.24) is 15.0 Å². The number of amides is 1. The van der Waals surface area contributed by atoms with Gasteiger partial charge in [-0.2, -0.15) is 0 Å². The van der Waals surface area contributed by atoms with Gasteiger partial charge in [-0.3, -0.25) is 9.51 Å². The van der Waals surface area contributed by atoms with Crippen LogP contribution < -0.4 is 5.76 Å². The first-order valence-electron chi connectivity index (χ1n) is 8.24. The number of rotatable bonds is 4. The van der Waals surface area contributed by atoms with E-state index in [1.165, 1.54) is 16.0 Å². The van der Waals surface area contributed by atoms with E-state index in [0.29, 0.717) is 0 Å². The molecule has 1 N–H and O–H groups in total. The van der Waals surface area contributed by atoms with Crippen LogP contribution in [0.3, 0.4) is 0 Å². The van der Waals surface area contributed by atoms with Crippen LogP contribution in [0.1, 0.15) is 22.9 Å². The van der Waals surface area contributed by atoms with Gasteiger partial charge in [0.2, 0.25) is 0 Å². The van der Waals surface area contributed by atoms with Gasteiger partial charge >= 0.3 is 11.8 Å². The molecule has 0 radical (unpaired) electrons. The molecule has 1 aliphatic carbocycles. The summed E-state index contributed by atoms with van der Waals surface area (Å²) in [5, 5.41) is 3.54. The number of hydrogen-bond donors (Lipinski definition) is 1. The quantitative estimate of drug-likeness (QED) is 0.781. The maximum Gasteiger partial charge on any atom is 0.438 e. The van der Waals surface area contributed by atoms with Crippen molar-refractivity contribution < 1.29 is 14.1 Å². The van der Waals surface area contributed by atoms with Crippen LogP contribution in [0.4, 0.5) is 4.79 Å². The minimum Gasteiger partial charge on any atom is -0.448 e. The number of benzene rings is 2. The fourth-order valence-corrected chi connectivity index (χ4v) is 3.32. The van der Waals surface area contributed by atoms with E-state index in [1.54, 1.807) is 7.05 Å². The summed E-state index contributed by atoms with van der Waals surface area (Å²) in [5.41, 5.74) is 4.67. The molecule has 0 aliphatic heterocycles. The Hall–Kier alpha value is -3.35. The van der Waals surface area contributed by atoms with Crippen molar-refractivity contribution in [2.24, 2.45) is 0 Å². The minimum absolute atomic E-state index is 0.00612. The fraction of sp³-hybridized carbons (Fsp3) is 0.211. The third-order valence-corrected chi connectivity index (χ3v) is 4.52. The van der Waals surface area contributed by atoms with Crippen LogP contribution in [0.15, 0.2) is 57.8 Å². The lowest BCUT2D eigenvalue weighted by molar-refractivity contribution is 0.105. The third-order valence-electron chi connectivity index (χ3n) is 4.52. The number of carbonyl (C=O) groups is 1. The summed E-state index contributed by atoms with van der Waals surface area (Å²) in [5.74, 6) is -0.376. The van der Waals surface area contributed by atoms with E-state index in [2.05, 4.69) is 38.9 Å². The molecule has 0 saturated carbocycles. The zero-order chi connectivity index (χ0) is 18.1. The number of aromatic amines is 1. The first-order valence-corrected chi connectivity index (χ1v) is 8.24. The summed E-state index contributed by atoms with van der Waals surface area (Å²) in [7, 11) is 1.58. The lowest BCUT2D eigenvalue weighted by Crippen LogP contribution is -2.29. The summed E-state index contributed by atoms with van der Waals surface area (Å²) < 4.78 is 9.94. The van der Waals surface area contributed by atoms with E-state index < -0.39 is 11.8 Å². The normalized spacial score (nSPS) is 12.5. The highest BCUT2D eigenvalue weighted by molar-refractivity contribution is 5.79. The number of aromatic nitrogens is 2. The van der Waals surface area contributed by atoms with Crippen molar-refractivity contribution in [1.29, 1.82) is 0 Å². The maximum absolute atomic E-state index is 12.3. The van der Waals surface area contributed by atoms with Gasteiger partial charge in [0.25, 0.3) is 0 Å². The Kier molecular flexibility index (Phi) is 4.04. The second-order valence-electron chi connectivity index (χ2n) is 6.20. The molecule has 3 aromatic rings. The average Bonchev–Trinajstić information content (AvgIpc) is 3.21. The number of hydrogen-bond acceptors (Lipinski definition) is 5. The molecule has 0 spiro atoms. The van der Waals surface area contributed by atoms with E-state index in [-0.39, 0.29) is 24.9 Å². The molecule has 26 heavy (non-hydrogen) atoms. The molecule has 7 nitrogen and oxygen atoms in total. The van der Waals surface area contributed by atoms with Crippen LogP contribution in [-0.2, 0) is 11.3 Å². The SMILES string of the molecule is CN(Cc1noc(=O)[nH]1)C(=O)OCC1c2ccccc2-c2ccccc21. The molecule has 0 fully saturated rings. The van der Waals surface area contributed by atoms with E-state index in [1.807, 2.05) is 24.3 Å². The molecule has 1 aromatic heterocycles. The van der Waals surface area contributed by atoms with Crippen LogP contribution in [0.25, 0.3) is 11.1 Å². The van der Waals surface area contributed by atoms with Crippen molar-refractivity contribution in [3.05, 3.63) is 76.0 Å². The lowest BCUT2D eigenvalue weighted by Gasteiger charge is -2.18. The molecule has 4 rings (SSSR count). The fourth-order valence-electron chi connectivity index (χ4n) is 3.32. The molecular weight excluding hydrogens is 334 g/mol. The van der Waals surface area contributed by atoms with E-state index in [0.717, 1.165) is 11.1 Å². The first-order chi connectivity index (χ1) is 12.6. The van der Waals surface area contributed by atoms with Crippen molar-refractivity contribution in [3.63, 3.8) is 0 Å². The second kappa shape index (κ2) is 6.51. The smallest absolute Gasteiger partial charge is 0.438 e. The molecule has 2 aromatic carbocycles. The molecule has 0 unspecified atom stereocenters. The lowest BCUT2D eigenvalue weighted by atomic mass is 9.98. The molecule has 0 atom stereocenters. The Morgan fingerprint density at radius 3 is 2.35 bits per heavy atom. The van der Waals surface area contributed by atoms with Gasteiger partial charge < -0.3 is 9.64 Å². The van der Waals surface area contributed by atoms with Crippen molar-refractivity contribution in [2.75, 3.05) is 13.7 Å². The Balaban J connectivity index is 1.47. The highest BCUT2D eigenvalue weighted by Gasteiger charge is 2.29. The topological polar surface area (TPSA) is 88.4 Å². The number of carbonyl (C=O) groups excluding carboxylic acids is 1. The van der Waals surface area contributed by atoms with Crippen LogP contribution in [0.2, 0.25) is 0 Å². The molecule has 7 heteroatoms. The van der Waals surface area contributed by atoms with Gasteiger partial charge in [-0.15, -0.1) is 0 Å². The Bertz CT molecular complexity index is 962. The minimum atomic E-state index is -0.652. The molecule has 1 amide bonds. The largest absolute Gasteiger partial charge is 0.448 e. The highest BCUT2D eigenvalue weighted by Crippen LogP contribution is 2.44. The van der Waals surface area contributed by atoms with Crippen LogP contribution in [0, 0.1) is 0 Å². The summed E-state index contributed by atoms with van der Waals surface area (Å²) >= 11 is 0. The summed E-state index contributed by atoms with van der Waals surface area (Å²) in [6.45, 7) is 0.342. The molecule has 0 saturated heterocycles. The maximum atomic E-state index is 12.3. The monoisotopic (exact) mass is 351 g/mol. The van der Waals surface area contributed by atoms with Gasteiger partial charge in [0.15, 0.2) is 5.82 Å². The Morgan fingerprint density at radius 1 is 1.15 bits per heavy atom. The highest BCUT2D eigenvalue weighted by atomic mass is 16.6. The zero-order valence-corrected chi connectivity index (χ0v) is 14.1. The van der Waals surface area contributed by atoms with E-state index in [9.17, 15) is 9.59 Å². The molecular formula is C19H17N3O4. The number of fused-ring (bicyclic) bond motifs is 3. The number of H-pyrrole nitrogens is 1. The Labute approximate surface area is 149 Å². The Morgan fingerprint density at radius 2 is 1.77 bits per heavy atom. The van der Waals surface area contributed by atoms with Gasteiger partial charge in [0.05, 0.1) is 6.54 Å². The number of nitrogens with one attached hydrogen (secondary N) is 1. The standard InChI is InChI=1S/C19H17N3O4/c1-22(10-17-20-18(23)26-21-17)19(24)25-11-16-14-8-4-2-6-12(14)13-7-3-5-9-15(13)16/h2-9,16H,10-11H2,1H3,(H,20,21,23). The van der Waals surface area contributed by atoms with E-state index >= 15 is 0 Å². The van der Waals surface area contributed by atoms with Gasteiger partial charge in [-0.25, -0.2) is 9.59 Å². The molecule has 132 valence electrons. The van der Waals surface area contributed by atoms with Crippen molar-refractivity contribution in [3.8, 4) is 11.1 Å². The third kappa shape index (κ3) is 2.88. The predicted molar refractivity (Wildman–Crippen MR) is 93.7 cm³/mol. The number of nitrogens with zero attached hydrogens (tertiary/aromatic N) is 2. The molecule has 0 bridgehead atoms. The van der Waals surface area contributed by atoms with Gasteiger partial charge in [-0.1, -0.05) is 53.7 Å².